The zero-order chi connectivity index (χ0) is 35.9. The molecule has 0 aliphatic heterocycles. The molecule has 0 spiro atoms. The van der Waals surface area contributed by atoms with Gasteiger partial charge in [0.25, 0.3) is 6.47 Å². The number of esters is 1. The fraction of sp³-hybridized carbons (Fsp3) is 0.773. The largest absolute Gasteiger partial charge is 0.461 e. The summed E-state index contributed by atoms with van der Waals surface area (Å²) in [7, 11) is 3.91. The van der Waals surface area contributed by atoms with Crippen LogP contribution in [0.2, 0.25) is 0 Å². The Balaban J connectivity index is 4.33. The van der Waals surface area contributed by atoms with Gasteiger partial charge in [0.2, 0.25) is 0 Å². The van der Waals surface area contributed by atoms with Crippen LogP contribution in [0.5, 0.6) is 0 Å². The predicted octanol–water partition coefficient (Wildman–Crippen LogP) is 12.8. The number of rotatable bonds is 37. The van der Waals surface area contributed by atoms with Crippen LogP contribution in [0.4, 0.5) is 0 Å². The van der Waals surface area contributed by atoms with Crippen molar-refractivity contribution in [2.75, 3.05) is 20.6 Å². The maximum atomic E-state index is 12.7. The highest BCUT2D eigenvalue weighted by atomic mass is 16.6. The number of carbonyl (C=O) groups excluding carboxylic acids is 2. The van der Waals surface area contributed by atoms with Crippen molar-refractivity contribution in [3.05, 3.63) is 48.6 Å². The molecule has 0 N–H and O–H groups in total. The van der Waals surface area contributed by atoms with Crippen molar-refractivity contribution < 1.29 is 19.1 Å². The highest BCUT2D eigenvalue weighted by Crippen LogP contribution is 2.21. The second-order valence-corrected chi connectivity index (χ2v) is 14.1. The van der Waals surface area contributed by atoms with Crippen molar-refractivity contribution >= 4 is 12.4 Å². The number of hydrogen-bond acceptors (Lipinski definition) is 5. The third-order valence-electron chi connectivity index (χ3n) is 9.07. The van der Waals surface area contributed by atoms with Crippen LogP contribution < -0.4 is 0 Å². The van der Waals surface area contributed by atoms with E-state index in [2.05, 4.69) is 62.5 Å². The Bertz CT molecular complexity index is 831. The van der Waals surface area contributed by atoms with Crippen LogP contribution in [0, 0.1) is 0 Å². The van der Waals surface area contributed by atoms with Crippen LogP contribution in [0.1, 0.15) is 187 Å². The SMILES string of the molecule is CCCCC/C=C\C/C=C\CCCCCCCCC(OC=O)C(CCCCCCCC/C=C\C/C=C\CCCCC)OC(=O)CCN(C)C. The fourth-order valence-corrected chi connectivity index (χ4v) is 5.94. The number of carbonyl (C=O) groups is 2. The zero-order valence-electron chi connectivity index (χ0n) is 32.7. The van der Waals surface area contributed by atoms with Crippen LogP contribution in [0.15, 0.2) is 48.6 Å². The van der Waals surface area contributed by atoms with E-state index in [-0.39, 0.29) is 18.2 Å². The van der Waals surface area contributed by atoms with Crippen LogP contribution >= 0.6 is 0 Å². The summed E-state index contributed by atoms with van der Waals surface area (Å²) in [6.07, 6.45) is 48.4. The van der Waals surface area contributed by atoms with E-state index in [1.807, 2.05) is 19.0 Å². The molecule has 0 aromatic carbocycles. The van der Waals surface area contributed by atoms with Crippen molar-refractivity contribution in [2.45, 2.75) is 199 Å². The maximum absolute atomic E-state index is 12.7. The van der Waals surface area contributed by atoms with Gasteiger partial charge in [-0.2, -0.15) is 0 Å². The molecule has 0 aromatic rings. The second-order valence-electron chi connectivity index (χ2n) is 14.1. The molecule has 5 heteroatoms. The molecule has 0 radical (unpaired) electrons. The van der Waals surface area contributed by atoms with Gasteiger partial charge in [-0.15, -0.1) is 0 Å². The van der Waals surface area contributed by atoms with E-state index in [1.165, 1.54) is 103 Å². The van der Waals surface area contributed by atoms with E-state index >= 15 is 0 Å². The first kappa shape index (κ1) is 46.9. The number of ether oxygens (including phenoxy) is 2. The summed E-state index contributed by atoms with van der Waals surface area (Å²) in [6.45, 7) is 5.69. The lowest BCUT2D eigenvalue weighted by molar-refractivity contribution is -0.163. The molecule has 2 atom stereocenters. The summed E-state index contributed by atoms with van der Waals surface area (Å²) in [5.41, 5.74) is 0. The van der Waals surface area contributed by atoms with E-state index in [0.717, 1.165) is 64.2 Å². The lowest BCUT2D eigenvalue weighted by atomic mass is 9.99. The van der Waals surface area contributed by atoms with Gasteiger partial charge in [0.1, 0.15) is 12.2 Å². The van der Waals surface area contributed by atoms with Crippen molar-refractivity contribution in [2.24, 2.45) is 0 Å². The van der Waals surface area contributed by atoms with Gasteiger partial charge in [0, 0.05) is 6.54 Å². The lowest BCUT2D eigenvalue weighted by Gasteiger charge is -2.26. The predicted molar refractivity (Wildman–Crippen MR) is 212 cm³/mol. The Morgan fingerprint density at radius 2 is 0.918 bits per heavy atom. The summed E-state index contributed by atoms with van der Waals surface area (Å²) >= 11 is 0. The van der Waals surface area contributed by atoms with Crippen LogP contribution in [-0.4, -0.2) is 50.2 Å². The first-order valence-corrected chi connectivity index (χ1v) is 20.6. The molecule has 0 saturated heterocycles. The molecule has 0 rings (SSSR count). The molecule has 0 aliphatic carbocycles. The van der Waals surface area contributed by atoms with Crippen LogP contribution in [-0.2, 0) is 19.1 Å². The Labute approximate surface area is 304 Å². The highest BCUT2D eigenvalue weighted by Gasteiger charge is 2.26. The van der Waals surface area contributed by atoms with Crippen molar-refractivity contribution in [1.29, 1.82) is 0 Å². The fourth-order valence-electron chi connectivity index (χ4n) is 5.94. The van der Waals surface area contributed by atoms with Gasteiger partial charge in [-0.05, 0) is 104 Å². The molecule has 284 valence electrons. The molecule has 0 amide bonds. The summed E-state index contributed by atoms with van der Waals surface area (Å²) in [6, 6.07) is 0. The normalized spacial score (nSPS) is 13.4. The van der Waals surface area contributed by atoms with Crippen molar-refractivity contribution in [3.63, 3.8) is 0 Å². The average Bonchev–Trinajstić information content (AvgIpc) is 3.09. The minimum absolute atomic E-state index is 0.199. The Morgan fingerprint density at radius 1 is 0.531 bits per heavy atom. The van der Waals surface area contributed by atoms with Gasteiger partial charge in [-0.1, -0.05) is 140 Å². The molecular formula is C44H79NO4. The lowest BCUT2D eigenvalue weighted by Crippen LogP contribution is -2.34. The van der Waals surface area contributed by atoms with E-state index in [0.29, 0.717) is 19.4 Å². The number of hydrogen-bond donors (Lipinski definition) is 0. The third kappa shape index (κ3) is 35.5. The van der Waals surface area contributed by atoms with Gasteiger partial charge in [0.15, 0.2) is 0 Å². The number of nitrogens with zero attached hydrogens (tertiary/aromatic N) is 1. The summed E-state index contributed by atoms with van der Waals surface area (Å²) in [5.74, 6) is -0.199. The van der Waals surface area contributed by atoms with Crippen LogP contribution in [0.25, 0.3) is 0 Å². The topological polar surface area (TPSA) is 55.8 Å². The van der Waals surface area contributed by atoms with E-state index in [4.69, 9.17) is 9.47 Å². The van der Waals surface area contributed by atoms with Crippen LogP contribution in [0.3, 0.4) is 0 Å². The highest BCUT2D eigenvalue weighted by molar-refractivity contribution is 5.69. The zero-order valence-corrected chi connectivity index (χ0v) is 32.7. The Kier molecular flexibility index (Phi) is 37.0. The van der Waals surface area contributed by atoms with Gasteiger partial charge < -0.3 is 14.4 Å². The minimum atomic E-state index is -0.358. The first-order valence-electron chi connectivity index (χ1n) is 20.6. The molecule has 0 bridgehead atoms. The third-order valence-corrected chi connectivity index (χ3v) is 9.07. The minimum Gasteiger partial charge on any atom is -0.461 e. The smallest absolute Gasteiger partial charge is 0.307 e. The molecular weight excluding hydrogens is 606 g/mol. The number of allylic oxidation sites excluding steroid dienone is 8. The standard InChI is InChI=1S/C44H79NO4/c1-5-7-9-11-13-15-17-19-21-23-25-27-29-31-33-35-37-42(48-41-46)43(49-44(47)39-40-45(3)4)38-36-34-32-30-28-26-24-22-20-18-16-14-12-10-8-6-2/h13-16,19-22,41-43H,5-12,17-18,23-40H2,1-4H3/b15-13-,16-14-,21-19-,22-20-. The van der Waals surface area contributed by atoms with Gasteiger partial charge in [-0.3, -0.25) is 9.59 Å². The molecule has 0 fully saturated rings. The number of unbranched alkanes of at least 4 members (excludes halogenated alkanes) is 18. The van der Waals surface area contributed by atoms with Gasteiger partial charge in [-0.25, -0.2) is 0 Å². The first-order chi connectivity index (χ1) is 24.0. The van der Waals surface area contributed by atoms with Gasteiger partial charge in [0.05, 0.1) is 6.42 Å². The molecule has 0 heterocycles. The Morgan fingerprint density at radius 3 is 1.33 bits per heavy atom. The molecule has 49 heavy (non-hydrogen) atoms. The van der Waals surface area contributed by atoms with Crippen molar-refractivity contribution in [3.8, 4) is 0 Å². The van der Waals surface area contributed by atoms with E-state index in [9.17, 15) is 9.59 Å². The monoisotopic (exact) mass is 686 g/mol. The van der Waals surface area contributed by atoms with Gasteiger partial charge >= 0.3 is 5.97 Å². The molecule has 0 aromatic heterocycles. The Hall–Kier alpha value is -2.14. The second kappa shape index (κ2) is 38.7. The molecule has 0 saturated carbocycles. The summed E-state index contributed by atoms with van der Waals surface area (Å²) in [5, 5.41) is 0. The van der Waals surface area contributed by atoms with Crippen molar-refractivity contribution in [1.82, 2.24) is 4.90 Å². The quantitative estimate of drug-likeness (QED) is 0.0282. The van der Waals surface area contributed by atoms with E-state index < -0.39 is 0 Å². The maximum Gasteiger partial charge on any atom is 0.307 e. The average molecular weight is 686 g/mol. The summed E-state index contributed by atoms with van der Waals surface area (Å²) < 4.78 is 11.5. The summed E-state index contributed by atoms with van der Waals surface area (Å²) in [4.78, 5) is 26.1. The molecule has 2 unspecified atom stereocenters. The molecule has 5 nitrogen and oxygen atoms in total. The van der Waals surface area contributed by atoms with E-state index in [1.54, 1.807) is 0 Å². The molecule has 0 aliphatic rings.